The fraction of sp³-hybridized carbons (Fsp3) is 0.529. The second kappa shape index (κ2) is 4.58. The fourth-order valence-electron chi connectivity index (χ4n) is 3.14. The lowest BCUT2D eigenvalue weighted by Gasteiger charge is -2.22. The molecule has 2 saturated heterocycles. The van der Waals surface area contributed by atoms with Crippen LogP contribution in [0.5, 0.6) is 0 Å². The van der Waals surface area contributed by atoms with E-state index in [9.17, 15) is 9.59 Å². The Balaban J connectivity index is 1.86. The van der Waals surface area contributed by atoms with Crippen LogP contribution in [0.4, 0.5) is 5.69 Å². The molecule has 0 radical (unpaired) electrons. The first-order chi connectivity index (χ1) is 9.84. The molecule has 112 valence electrons. The van der Waals surface area contributed by atoms with Gasteiger partial charge in [0.25, 0.3) is 0 Å². The minimum atomic E-state index is -0.914. The average molecular weight is 287 g/mol. The van der Waals surface area contributed by atoms with Gasteiger partial charge in [-0.2, -0.15) is 0 Å². The van der Waals surface area contributed by atoms with Gasteiger partial charge in [0.05, 0.1) is 6.61 Å². The predicted molar refractivity (Wildman–Crippen MR) is 80.1 cm³/mol. The summed E-state index contributed by atoms with van der Waals surface area (Å²) < 4.78 is 5.02. The lowest BCUT2D eigenvalue weighted by molar-refractivity contribution is -0.149. The van der Waals surface area contributed by atoms with E-state index in [1.165, 1.54) is 5.56 Å². The molecule has 0 bridgehead atoms. The van der Waals surface area contributed by atoms with Crippen LogP contribution in [0.15, 0.2) is 24.3 Å². The molecule has 4 nitrogen and oxygen atoms in total. The molecule has 0 N–H and O–H groups in total. The number of amides is 1. The first kappa shape index (κ1) is 14.1. The summed E-state index contributed by atoms with van der Waals surface area (Å²) in [7, 11) is 0. The molecule has 0 aromatic heterocycles. The molecule has 2 fully saturated rings. The Labute approximate surface area is 125 Å². The third-order valence-corrected chi connectivity index (χ3v) is 4.61. The van der Waals surface area contributed by atoms with Crippen LogP contribution in [0, 0.1) is 5.41 Å². The predicted octanol–water partition coefficient (Wildman–Crippen LogP) is 2.65. The summed E-state index contributed by atoms with van der Waals surface area (Å²) >= 11 is 0. The van der Waals surface area contributed by atoms with Crippen LogP contribution < -0.4 is 4.90 Å². The first-order valence-electron chi connectivity index (χ1n) is 7.44. The smallest absolute Gasteiger partial charge is 0.321 e. The summed E-state index contributed by atoms with van der Waals surface area (Å²) in [6.07, 6.45) is 1.08. The molecule has 2 heterocycles. The van der Waals surface area contributed by atoms with E-state index >= 15 is 0 Å². The van der Waals surface area contributed by atoms with E-state index in [0.717, 1.165) is 5.69 Å². The highest BCUT2D eigenvalue weighted by molar-refractivity contribution is 6.12. The van der Waals surface area contributed by atoms with Gasteiger partial charge in [0.1, 0.15) is 0 Å². The Morgan fingerprint density at radius 1 is 1.10 bits per heavy atom. The van der Waals surface area contributed by atoms with Crippen molar-refractivity contribution in [2.45, 2.75) is 39.0 Å². The molecule has 0 aliphatic carbocycles. The maximum absolute atomic E-state index is 12.6. The number of carbonyl (C=O) groups excluding carboxylic acids is 2. The standard InChI is InChI=1S/C17H21NO3/c1-16(2,3)12-4-6-13(7-5-12)18-10-8-17(14(18)19)9-11-21-15(17)20/h4-7H,8-11H2,1-3H3. The van der Waals surface area contributed by atoms with Crippen molar-refractivity contribution in [3.8, 4) is 0 Å². The van der Waals surface area contributed by atoms with E-state index in [2.05, 4.69) is 32.9 Å². The molecule has 21 heavy (non-hydrogen) atoms. The maximum Gasteiger partial charge on any atom is 0.321 e. The summed E-state index contributed by atoms with van der Waals surface area (Å²) in [4.78, 5) is 26.3. The lowest BCUT2D eigenvalue weighted by atomic mass is 9.85. The van der Waals surface area contributed by atoms with Crippen LogP contribution in [0.25, 0.3) is 0 Å². The van der Waals surface area contributed by atoms with Crippen LogP contribution >= 0.6 is 0 Å². The molecule has 2 aliphatic rings. The molecule has 1 aromatic rings. The Morgan fingerprint density at radius 2 is 1.76 bits per heavy atom. The largest absolute Gasteiger partial charge is 0.465 e. The number of esters is 1. The van der Waals surface area contributed by atoms with Gasteiger partial charge in [0, 0.05) is 18.7 Å². The number of cyclic esters (lactones) is 1. The first-order valence-corrected chi connectivity index (χ1v) is 7.44. The number of anilines is 1. The minimum Gasteiger partial charge on any atom is -0.465 e. The average Bonchev–Trinajstić information content (AvgIpc) is 2.96. The van der Waals surface area contributed by atoms with Crippen molar-refractivity contribution in [2.75, 3.05) is 18.1 Å². The van der Waals surface area contributed by atoms with Crippen LogP contribution in [0.2, 0.25) is 0 Å². The zero-order valence-corrected chi connectivity index (χ0v) is 12.8. The number of carbonyl (C=O) groups is 2. The minimum absolute atomic E-state index is 0.0873. The van der Waals surface area contributed by atoms with Crippen LogP contribution in [0.1, 0.15) is 39.2 Å². The van der Waals surface area contributed by atoms with Gasteiger partial charge in [-0.25, -0.2) is 0 Å². The number of hydrogen-bond donors (Lipinski definition) is 0. The number of hydrogen-bond acceptors (Lipinski definition) is 3. The van der Waals surface area contributed by atoms with Crippen molar-refractivity contribution in [3.05, 3.63) is 29.8 Å². The van der Waals surface area contributed by atoms with Crippen molar-refractivity contribution in [1.29, 1.82) is 0 Å². The van der Waals surface area contributed by atoms with Gasteiger partial charge in [-0.1, -0.05) is 32.9 Å². The van der Waals surface area contributed by atoms with Gasteiger partial charge in [0.2, 0.25) is 5.91 Å². The zero-order chi connectivity index (χ0) is 15.3. The lowest BCUT2D eigenvalue weighted by Crippen LogP contribution is -2.37. The monoisotopic (exact) mass is 287 g/mol. The van der Waals surface area contributed by atoms with Crippen molar-refractivity contribution in [2.24, 2.45) is 5.41 Å². The van der Waals surface area contributed by atoms with Gasteiger partial charge in [0.15, 0.2) is 5.41 Å². The summed E-state index contributed by atoms with van der Waals surface area (Å²) in [5, 5.41) is 0. The van der Waals surface area contributed by atoms with E-state index < -0.39 is 5.41 Å². The topological polar surface area (TPSA) is 46.6 Å². The second-order valence-corrected chi connectivity index (χ2v) is 6.97. The normalized spacial score (nSPS) is 25.8. The highest BCUT2D eigenvalue weighted by atomic mass is 16.5. The molecule has 1 amide bonds. The van der Waals surface area contributed by atoms with E-state index in [4.69, 9.17) is 4.74 Å². The highest BCUT2D eigenvalue weighted by Crippen LogP contribution is 2.42. The SMILES string of the molecule is CC(C)(C)c1ccc(N2CCC3(CCOC3=O)C2=O)cc1. The fourth-order valence-corrected chi connectivity index (χ4v) is 3.14. The van der Waals surface area contributed by atoms with Gasteiger partial charge in [-0.05, 0) is 29.5 Å². The molecule has 3 rings (SSSR count). The number of rotatable bonds is 1. The molecular weight excluding hydrogens is 266 g/mol. The van der Waals surface area contributed by atoms with Crippen LogP contribution in [-0.2, 0) is 19.7 Å². The molecular formula is C17H21NO3. The van der Waals surface area contributed by atoms with Crippen molar-refractivity contribution in [3.63, 3.8) is 0 Å². The summed E-state index contributed by atoms with van der Waals surface area (Å²) in [6, 6.07) is 8.05. The summed E-state index contributed by atoms with van der Waals surface area (Å²) in [5.41, 5.74) is 1.27. The van der Waals surface area contributed by atoms with Gasteiger partial charge in [-0.15, -0.1) is 0 Å². The van der Waals surface area contributed by atoms with Crippen LogP contribution in [0.3, 0.4) is 0 Å². The third-order valence-electron chi connectivity index (χ3n) is 4.61. The molecule has 1 spiro atoms. The summed E-state index contributed by atoms with van der Waals surface area (Å²) in [6.45, 7) is 7.43. The Morgan fingerprint density at radius 3 is 2.29 bits per heavy atom. The number of nitrogens with zero attached hydrogens (tertiary/aromatic N) is 1. The Bertz CT molecular complexity index is 585. The van der Waals surface area contributed by atoms with Gasteiger partial charge < -0.3 is 9.64 Å². The molecule has 2 aliphatic heterocycles. The Kier molecular flexibility index (Phi) is 3.08. The van der Waals surface area contributed by atoms with E-state index in [0.29, 0.717) is 26.0 Å². The number of benzene rings is 1. The zero-order valence-electron chi connectivity index (χ0n) is 12.8. The number of ether oxygens (including phenoxy) is 1. The van der Waals surface area contributed by atoms with E-state index in [1.54, 1.807) is 4.90 Å². The van der Waals surface area contributed by atoms with Crippen LogP contribution in [-0.4, -0.2) is 25.0 Å². The van der Waals surface area contributed by atoms with Crippen molar-refractivity contribution < 1.29 is 14.3 Å². The van der Waals surface area contributed by atoms with E-state index in [1.807, 2.05) is 12.1 Å². The quantitative estimate of drug-likeness (QED) is 0.589. The van der Waals surface area contributed by atoms with Crippen molar-refractivity contribution >= 4 is 17.6 Å². The molecule has 1 aromatic carbocycles. The molecule has 4 heteroatoms. The molecule has 1 unspecified atom stereocenters. The second-order valence-electron chi connectivity index (χ2n) is 6.97. The molecule has 1 atom stereocenters. The Hall–Kier alpha value is -1.84. The van der Waals surface area contributed by atoms with Gasteiger partial charge in [-0.3, -0.25) is 9.59 Å². The third kappa shape index (κ3) is 2.13. The highest BCUT2D eigenvalue weighted by Gasteiger charge is 2.56. The molecule has 0 saturated carbocycles. The summed E-state index contributed by atoms with van der Waals surface area (Å²) in [5.74, 6) is -0.449. The van der Waals surface area contributed by atoms with E-state index in [-0.39, 0.29) is 17.3 Å². The van der Waals surface area contributed by atoms with Gasteiger partial charge >= 0.3 is 5.97 Å². The maximum atomic E-state index is 12.6. The van der Waals surface area contributed by atoms with Crippen molar-refractivity contribution in [1.82, 2.24) is 0 Å².